The Labute approximate surface area is 115 Å². The van der Waals surface area contributed by atoms with Gasteiger partial charge in [-0.05, 0) is 24.3 Å². The summed E-state index contributed by atoms with van der Waals surface area (Å²) in [6.45, 7) is 6.29. The Morgan fingerprint density at radius 1 is 1.21 bits per heavy atom. The standard InChI is InChI=1S/C13H15N3O2S/c1-13(2,3)11-16-15-10(19-11)8-4-6-9(7-5-8)18-12(14)17/h4-7H,1-3H3,(H2,14,17). The van der Waals surface area contributed by atoms with Crippen molar-refractivity contribution in [2.75, 3.05) is 0 Å². The molecule has 0 saturated carbocycles. The number of carbonyl (C=O) groups excluding carboxylic acids is 1. The lowest BCUT2D eigenvalue weighted by molar-refractivity contribution is 0.211. The molecule has 0 saturated heterocycles. The number of ether oxygens (including phenoxy) is 1. The molecule has 100 valence electrons. The van der Waals surface area contributed by atoms with E-state index in [4.69, 9.17) is 10.5 Å². The number of rotatable bonds is 2. The lowest BCUT2D eigenvalue weighted by atomic mass is 9.98. The summed E-state index contributed by atoms with van der Waals surface area (Å²) in [5, 5.41) is 10.2. The number of nitrogens with zero attached hydrogens (tertiary/aromatic N) is 2. The zero-order valence-electron chi connectivity index (χ0n) is 11.0. The fourth-order valence-corrected chi connectivity index (χ4v) is 2.33. The van der Waals surface area contributed by atoms with Crippen LogP contribution in [0.5, 0.6) is 5.75 Å². The van der Waals surface area contributed by atoms with Gasteiger partial charge in [0, 0.05) is 11.0 Å². The van der Waals surface area contributed by atoms with Crippen LogP contribution in [0.1, 0.15) is 25.8 Å². The first-order valence-electron chi connectivity index (χ1n) is 5.78. The second-order valence-corrected chi connectivity index (χ2v) is 6.09. The van der Waals surface area contributed by atoms with Gasteiger partial charge in [0.05, 0.1) is 0 Å². The Kier molecular flexibility index (Phi) is 3.53. The quantitative estimate of drug-likeness (QED) is 0.915. The minimum absolute atomic E-state index is 0.00899. The average molecular weight is 277 g/mol. The summed E-state index contributed by atoms with van der Waals surface area (Å²) in [6.07, 6.45) is -0.821. The first-order valence-corrected chi connectivity index (χ1v) is 6.59. The molecule has 1 aromatic carbocycles. The predicted octanol–water partition coefficient (Wildman–Crippen LogP) is 2.96. The lowest BCUT2D eigenvalue weighted by Crippen LogP contribution is -2.16. The molecule has 2 N–H and O–H groups in total. The fourth-order valence-electron chi connectivity index (χ4n) is 1.42. The summed E-state index contributed by atoms with van der Waals surface area (Å²) >= 11 is 1.56. The van der Waals surface area contributed by atoms with Crippen LogP contribution in [0, 0.1) is 0 Å². The number of hydrogen-bond donors (Lipinski definition) is 1. The molecule has 0 atom stereocenters. The van der Waals surface area contributed by atoms with Crippen LogP contribution in [0.3, 0.4) is 0 Å². The minimum atomic E-state index is -0.821. The minimum Gasteiger partial charge on any atom is -0.411 e. The van der Waals surface area contributed by atoms with Crippen molar-refractivity contribution in [1.29, 1.82) is 0 Å². The van der Waals surface area contributed by atoms with Crippen LogP contribution < -0.4 is 10.5 Å². The molecule has 0 aliphatic carbocycles. The van der Waals surface area contributed by atoms with Crippen molar-refractivity contribution in [2.45, 2.75) is 26.2 Å². The van der Waals surface area contributed by atoms with Gasteiger partial charge in [-0.15, -0.1) is 10.2 Å². The summed E-state index contributed by atoms with van der Waals surface area (Å²) in [5.74, 6) is 0.414. The molecule has 0 radical (unpaired) electrons. The molecular weight excluding hydrogens is 262 g/mol. The van der Waals surface area contributed by atoms with Crippen molar-refractivity contribution in [2.24, 2.45) is 5.73 Å². The molecule has 5 nitrogen and oxygen atoms in total. The van der Waals surface area contributed by atoms with Gasteiger partial charge in [0.25, 0.3) is 0 Å². The normalized spacial score (nSPS) is 11.3. The van der Waals surface area contributed by atoms with E-state index in [9.17, 15) is 4.79 Å². The molecule has 1 aromatic heterocycles. The number of nitrogens with two attached hydrogens (primary N) is 1. The van der Waals surface area contributed by atoms with E-state index in [1.165, 1.54) is 0 Å². The zero-order chi connectivity index (χ0) is 14.0. The maximum Gasteiger partial charge on any atom is 0.409 e. The third-order valence-corrected chi connectivity index (χ3v) is 3.78. The highest BCUT2D eigenvalue weighted by Crippen LogP contribution is 2.31. The van der Waals surface area contributed by atoms with Crippen LogP contribution in [0.25, 0.3) is 10.6 Å². The van der Waals surface area contributed by atoms with Crippen LogP contribution >= 0.6 is 11.3 Å². The van der Waals surface area contributed by atoms with Gasteiger partial charge >= 0.3 is 6.09 Å². The van der Waals surface area contributed by atoms with Crippen molar-refractivity contribution in [3.05, 3.63) is 29.3 Å². The van der Waals surface area contributed by atoms with Crippen LogP contribution in [0.4, 0.5) is 4.79 Å². The van der Waals surface area contributed by atoms with Gasteiger partial charge in [-0.2, -0.15) is 0 Å². The van der Waals surface area contributed by atoms with Gasteiger partial charge in [0.15, 0.2) is 0 Å². The topological polar surface area (TPSA) is 78.1 Å². The van der Waals surface area contributed by atoms with Gasteiger partial charge in [0.2, 0.25) is 0 Å². The maximum absolute atomic E-state index is 10.6. The van der Waals surface area contributed by atoms with Gasteiger partial charge in [-0.3, -0.25) is 0 Å². The molecule has 0 aliphatic rings. The Morgan fingerprint density at radius 3 is 2.32 bits per heavy atom. The summed E-state index contributed by atoms with van der Waals surface area (Å²) < 4.78 is 4.77. The van der Waals surface area contributed by atoms with Crippen LogP contribution in [-0.2, 0) is 5.41 Å². The van der Waals surface area contributed by atoms with Crippen molar-refractivity contribution in [3.63, 3.8) is 0 Å². The van der Waals surface area contributed by atoms with Crippen molar-refractivity contribution < 1.29 is 9.53 Å². The van der Waals surface area contributed by atoms with E-state index in [0.717, 1.165) is 15.6 Å². The van der Waals surface area contributed by atoms with E-state index in [0.29, 0.717) is 5.75 Å². The molecule has 1 heterocycles. The van der Waals surface area contributed by atoms with Gasteiger partial charge < -0.3 is 10.5 Å². The van der Waals surface area contributed by atoms with E-state index >= 15 is 0 Å². The third kappa shape index (κ3) is 3.29. The SMILES string of the molecule is CC(C)(C)c1nnc(-c2ccc(OC(N)=O)cc2)s1. The smallest absolute Gasteiger partial charge is 0.409 e. The fraction of sp³-hybridized carbons (Fsp3) is 0.308. The highest BCUT2D eigenvalue weighted by molar-refractivity contribution is 7.14. The van der Waals surface area contributed by atoms with Gasteiger partial charge in [-0.1, -0.05) is 32.1 Å². The highest BCUT2D eigenvalue weighted by atomic mass is 32.1. The highest BCUT2D eigenvalue weighted by Gasteiger charge is 2.19. The molecular formula is C13H15N3O2S. The molecule has 0 bridgehead atoms. The van der Waals surface area contributed by atoms with E-state index in [1.807, 2.05) is 12.1 Å². The monoisotopic (exact) mass is 277 g/mol. The van der Waals surface area contributed by atoms with Crippen LogP contribution in [0.2, 0.25) is 0 Å². The Balaban J connectivity index is 2.23. The third-order valence-electron chi connectivity index (χ3n) is 2.39. The van der Waals surface area contributed by atoms with Gasteiger partial charge in [0.1, 0.15) is 15.8 Å². The molecule has 0 fully saturated rings. The first kappa shape index (κ1) is 13.5. The second-order valence-electron chi connectivity index (χ2n) is 5.11. The van der Waals surface area contributed by atoms with Crippen molar-refractivity contribution in [1.82, 2.24) is 10.2 Å². The molecule has 0 aliphatic heterocycles. The molecule has 1 amide bonds. The number of carbonyl (C=O) groups is 1. The summed E-state index contributed by atoms with van der Waals surface area (Å²) in [7, 11) is 0. The molecule has 0 unspecified atom stereocenters. The molecule has 2 rings (SSSR count). The first-order chi connectivity index (χ1) is 8.86. The van der Waals surface area contributed by atoms with Crippen molar-refractivity contribution in [3.8, 4) is 16.3 Å². The Morgan fingerprint density at radius 2 is 1.84 bits per heavy atom. The van der Waals surface area contributed by atoms with E-state index in [1.54, 1.807) is 23.5 Å². The second kappa shape index (κ2) is 4.97. The number of primary amides is 1. The number of aromatic nitrogens is 2. The number of hydrogen-bond acceptors (Lipinski definition) is 5. The Hall–Kier alpha value is -1.95. The number of amides is 1. The summed E-state index contributed by atoms with van der Waals surface area (Å²) in [5.41, 5.74) is 5.87. The summed E-state index contributed by atoms with van der Waals surface area (Å²) in [4.78, 5) is 10.6. The lowest BCUT2D eigenvalue weighted by Gasteiger charge is -2.12. The van der Waals surface area contributed by atoms with E-state index in [-0.39, 0.29) is 5.41 Å². The molecule has 2 aromatic rings. The largest absolute Gasteiger partial charge is 0.411 e. The predicted molar refractivity (Wildman–Crippen MR) is 74.3 cm³/mol. The maximum atomic E-state index is 10.6. The molecule has 0 spiro atoms. The van der Waals surface area contributed by atoms with E-state index < -0.39 is 6.09 Å². The van der Waals surface area contributed by atoms with Crippen LogP contribution in [0.15, 0.2) is 24.3 Å². The summed E-state index contributed by atoms with van der Waals surface area (Å²) in [6, 6.07) is 7.01. The Bertz CT molecular complexity index is 585. The van der Waals surface area contributed by atoms with Crippen LogP contribution in [-0.4, -0.2) is 16.3 Å². The molecule has 19 heavy (non-hydrogen) atoms. The zero-order valence-corrected chi connectivity index (χ0v) is 11.8. The number of benzene rings is 1. The van der Waals surface area contributed by atoms with Crippen molar-refractivity contribution >= 4 is 17.4 Å². The van der Waals surface area contributed by atoms with E-state index in [2.05, 4.69) is 31.0 Å². The van der Waals surface area contributed by atoms with Gasteiger partial charge in [-0.25, -0.2) is 4.79 Å². The average Bonchev–Trinajstić information content (AvgIpc) is 2.78. The molecule has 6 heteroatoms.